The SMILES string of the molecule is Cc1nc(Cl)cc(N[C@H](C)C(=O)O)n1. The van der Waals surface area contributed by atoms with E-state index in [1.807, 2.05) is 0 Å². The van der Waals surface area contributed by atoms with Gasteiger partial charge in [0.1, 0.15) is 22.8 Å². The number of aryl methyl sites for hydroxylation is 1. The first-order chi connectivity index (χ1) is 6.49. The number of anilines is 1. The fraction of sp³-hybridized carbons (Fsp3) is 0.375. The van der Waals surface area contributed by atoms with E-state index < -0.39 is 12.0 Å². The van der Waals surface area contributed by atoms with Gasteiger partial charge in [0.05, 0.1) is 0 Å². The van der Waals surface area contributed by atoms with Crippen LogP contribution in [0.15, 0.2) is 6.07 Å². The lowest BCUT2D eigenvalue weighted by atomic mass is 10.3. The number of hydrogen-bond acceptors (Lipinski definition) is 4. The van der Waals surface area contributed by atoms with Crippen LogP contribution in [0.25, 0.3) is 0 Å². The Hall–Kier alpha value is -1.36. The van der Waals surface area contributed by atoms with E-state index in [2.05, 4.69) is 15.3 Å². The number of carboxylic acids is 1. The van der Waals surface area contributed by atoms with Gasteiger partial charge in [-0.3, -0.25) is 4.79 Å². The third-order valence-corrected chi connectivity index (χ3v) is 1.74. The van der Waals surface area contributed by atoms with E-state index in [1.165, 1.54) is 13.0 Å². The fourth-order valence-electron chi connectivity index (χ4n) is 0.889. The van der Waals surface area contributed by atoms with Crippen LogP contribution in [0.1, 0.15) is 12.7 Å². The first-order valence-electron chi connectivity index (χ1n) is 3.99. The van der Waals surface area contributed by atoms with Crippen molar-refractivity contribution in [2.75, 3.05) is 5.32 Å². The van der Waals surface area contributed by atoms with Gasteiger partial charge in [-0.25, -0.2) is 9.97 Å². The Balaban J connectivity index is 2.81. The summed E-state index contributed by atoms with van der Waals surface area (Å²) in [5.41, 5.74) is 0. The first kappa shape index (κ1) is 10.7. The van der Waals surface area contributed by atoms with Gasteiger partial charge in [0.2, 0.25) is 0 Å². The van der Waals surface area contributed by atoms with Gasteiger partial charge >= 0.3 is 5.97 Å². The summed E-state index contributed by atoms with van der Waals surface area (Å²) in [7, 11) is 0. The molecular formula is C8H10ClN3O2. The van der Waals surface area contributed by atoms with Gasteiger partial charge in [0, 0.05) is 6.07 Å². The highest BCUT2D eigenvalue weighted by Gasteiger charge is 2.11. The molecule has 1 aromatic rings. The van der Waals surface area contributed by atoms with Crippen molar-refractivity contribution in [3.63, 3.8) is 0 Å². The molecule has 0 unspecified atom stereocenters. The van der Waals surface area contributed by atoms with E-state index in [0.29, 0.717) is 11.6 Å². The fourth-order valence-corrected chi connectivity index (χ4v) is 1.11. The third kappa shape index (κ3) is 2.85. The molecule has 0 fully saturated rings. The molecule has 0 aliphatic heterocycles. The molecule has 1 atom stereocenters. The van der Waals surface area contributed by atoms with Crippen molar-refractivity contribution in [3.8, 4) is 0 Å². The summed E-state index contributed by atoms with van der Waals surface area (Å²) < 4.78 is 0. The number of nitrogens with one attached hydrogen (secondary N) is 1. The summed E-state index contributed by atoms with van der Waals surface area (Å²) in [5.74, 6) is -0.0348. The Kier molecular flexibility index (Phi) is 3.24. The zero-order valence-electron chi connectivity index (χ0n) is 7.78. The lowest BCUT2D eigenvalue weighted by molar-refractivity contribution is -0.137. The van der Waals surface area contributed by atoms with E-state index in [-0.39, 0.29) is 5.15 Å². The minimum atomic E-state index is -0.947. The molecule has 0 bridgehead atoms. The molecule has 1 aromatic heterocycles. The van der Waals surface area contributed by atoms with Gasteiger partial charge in [-0.05, 0) is 13.8 Å². The number of aliphatic carboxylic acids is 1. The molecular weight excluding hydrogens is 206 g/mol. The third-order valence-electron chi connectivity index (χ3n) is 1.54. The molecule has 1 heterocycles. The monoisotopic (exact) mass is 215 g/mol. The number of hydrogen-bond donors (Lipinski definition) is 2. The Morgan fingerprint density at radius 2 is 2.29 bits per heavy atom. The van der Waals surface area contributed by atoms with Crippen LogP contribution in [0.5, 0.6) is 0 Å². The van der Waals surface area contributed by atoms with E-state index in [4.69, 9.17) is 16.7 Å². The molecule has 0 aliphatic carbocycles. The van der Waals surface area contributed by atoms with Gasteiger partial charge in [0.15, 0.2) is 0 Å². The molecule has 0 radical (unpaired) electrons. The van der Waals surface area contributed by atoms with Crippen molar-refractivity contribution in [1.82, 2.24) is 9.97 Å². The summed E-state index contributed by atoms with van der Waals surface area (Å²) in [6.07, 6.45) is 0. The minimum Gasteiger partial charge on any atom is -0.480 e. The molecule has 0 aliphatic rings. The van der Waals surface area contributed by atoms with Crippen LogP contribution in [-0.4, -0.2) is 27.1 Å². The molecule has 14 heavy (non-hydrogen) atoms. The predicted molar refractivity (Wildman–Crippen MR) is 52.5 cm³/mol. The second-order valence-electron chi connectivity index (χ2n) is 2.83. The van der Waals surface area contributed by atoms with E-state index >= 15 is 0 Å². The summed E-state index contributed by atoms with van der Waals surface area (Å²) in [5, 5.41) is 11.6. The van der Waals surface area contributed by atoms with Crippen LogP contribution >= 0.6 is 11.6 Å². The van der Waals surface area contributed by atoms with Crippen LogP contribution in [0, 0.1) is 6.92 Å². The first-order valence-corrected chi connectivity index (χ1v) is 4.37. The van der Waals surface area contributed by atoms with Gasteiger partial charge in [-0.2, -0.15) is 0 Å². The number of nitrogens with zero attached hydrogens (tertiary/aromatic N) is 2. The van der Waals surface area contributed by atoms with Crippen molar-refractivity contribution in [3.05, 3.63) is 17.0 Å². The molecule has 5 nitrogen and oxygen atoms in total. The topological polar surface area (TPSA) is 75.1 Å². The largest absolute Gasteiger partial charge is 0.480 e. The Morgan fingerprint density at radius 3 is 2.79 bits per heavy atom. The lowest BCUT2D eigenvalue weighted by Crippen LogP contribution is -2.26. The van der Waals surface area contributed by atoms with Gasteiger partial charge < -0.3 is 10.4 Å². The molecule has 0 amide bonds. The Labute approximate surface area is 86.1 Å². The van der Waals surface area contributed by atoms with E-state index in [9.17, 15) is 4.79 Å². The maximum Gasteiger partial charge on any atom is 0.325 e. The normalized spacial score (nSPS) is 12.2. The van der Waals surface area contributed by atoms with Crippen molar-refractivity contribution >= 4 is 23.4 Å². The average Bonchev–Trinajstić information content (AvgIpc) is 2.01. The zero-order chi connectivity index (χ0) is 10.7. The van der Waals surface area contributed by atoms with Crippen molar-refractivity contribution in [2.45, 2.75) is 19.9 Å². The molecule has 6 heteroatoms. The number of halogens is 1. The highest BCUT2D eigenvalue weighted by molar-refractivity contribution is 6.29. The summed E-state index contributed by atoms with van der Waals surface area (Å²) in [6, 6.07) is 0.772. The standard InChI is InChI=1S/C8H10ClN3O2/c1-4(8(13)14)10-7-3-6(9)11-5(2)12-7/h3-4H,1-2H3,(H,13,14)(H,10,11,12)/t4-/m1/s1. The zero-order valence-corrected chi connectivity index (χ0v) is 8.54. The minimum absolute atomic E-state index is 0.289. The predicted octanol–water partition coefficient (Wildman–Crippen LogP) is 1.32. The quantitative estimate of drug-likeness (QED) is 0.744. The second kappa shape index (κ2) is 4.23. The molecule has 0 aromatic carbocycles. The summed E-state index contributed by atoms with van der Waals surface area (Å²) in [4.78, 5) is 18.4. The molecule has 76 valence electrons. The van der Waals surface area contributed by atoms with Crippen LogP contribution in [0.4, 0.5) is 5.82 Å². The van der Waals surface area contributed by atoms with Crippen molar-refractivity contribution < 1.29 is 9.90 Å². The molecule has 0 saturated heterocycles. The maximum atomic E-state index is 10.5. The van der Waals surface area contributed by atoms with Crippen LogP contribution in [-0.2, 0) is 4.79 Å². The molecule has 0 saturated carbocycles. The van der Waals surface area contributed by atoms with E-state index in [1.54, 1.807) is 6.92 Å². The number of carboxylic acid groups (broad SMARTS) is 1. The number of aromatic nitrogens is 2. The summed E-state index contributed by atoms with van der Waals surface area (Å²) in [6.45, 7) is 3.20. The lowest BCUT2D eigenvalue weighted by Gasteiger charge is -2.09. The molecule has 1 rings (SSSR count). The maximum absolute atomic E-state index is 10.5. The molecule has 2 N–H and O–H groups in total. The number of carbonyl (C=O) groups is 1. The van der Waals surface area contributed by atoms with Gasteiger partial charge in [-0.1, -0.05) is 11.6 Å². The Morgan fingerprint density at radius 1 is 1.64 bits per heavy atom. The van der Waals surface area contributed by atoms with Gasteiger partial charge in [0.25, 0.3) is 0 Å². The summed E-state index contributed by atoms with van der Waals surface area (Å²) >= 11 is 5.67. The Bertz CT molecular complexity index is 336. The molecule has 0 spiro atoms. The van der Waals surface area contributed by atoms with Crippen molar-refractivity contribution in [2.24, 2.45) is 0 Å². The highest BCUT2D eigenvalue weighted by Crippen LogP contribution is 2.11. The highest BCUT2D eigenvalue weighted by atomic mass is 35.5. The van der Waals surface area contributed by atoms with Crippen molar-refractivity contribution in [1.29, 1.82) is 0 Å². The smallest absolute Gasteiger partial charge is 0.325 e. The van der Waals surface area contributed by atoms with Crippen LogP contribution in [0.3, 0.4) is 0 Å². The van der Waals surface area contributed by atoms with Crippen LogP contribution in [0.2, 0.25) is 5.15 Å². The number of rotatable bonds is 3. The van der Waals surface area contributed by atoms with Crippen LogP contribution < -0.4 is 5.32 Å². The second-order valence-corrected chi connectivity index (χ2v) is 3.21. The average molecular weight is 216 g/mol. The van der Waals surface area contributed by atoms with Gasteiger partial charge in [-0.15, -0.1) is 0 Å². The van der Waals surface area contributed by atoms with E-state index in [0.717, 1.165) is 0 Å².